The molecule has 0 aliphatic heterocycles. The Bertz CT molecular complexity index is 430. The van der Waals surface area contributed by atoms with Crippen LogP contribution in [0.1, 0.15) is 19.8 Å². The fraction of sp³-hybridized carbons (Fsp3) is 0.462. The molecule has 1 aliphatic rings. The fourth-order valence-corrected chi connectivity index (χ4v) is 1.61. The molecule has 0 unspecified atom stereocenters. The molecule has 1 amide bonds. The standard InChI is InChI=1S/C13H19N3O2/c1-2-18-12-7-10(5-6-11(12)14)15-8-13(17)16-9-3-4-9/h5-7,9,15H,2-4,8,14H2,1H3,(H,16,17). The van der Waals surface area contributed by atoms with Crippen molar-refractivity contribution in [3.8, 4) is 5.75 Å². The second kappa shape index (κ2) is 5.62. The van der Waals surface area contributed by atoms with Crippen molar-refractivity contribution < 1.29 is 9.53 Å². The summed E-state index contributed by atoms with van der Waals surface area (Å²) in [6, 6.07) is 5.81. The third kappa shape index (κ3) is 3.55. The molecule has 1 fully saturated rings. The lowest BCUT2D eigenvalue weighted by molar-refractivity contribution is -0.119. The number of rotatable bonds is 6. The number of amides is 1. The first-order valence-corrected chi connectivity index (χ1v) is 6.24. The zero-order valence-electron chi connectivity index (χ0n) is 10.5. The molecule has 4 N–H and O–H groups in total. The summed E-state index contributed by atoms with van der Waals surface area (Å²) in [5.41, 5.74) is 7.21. The molecule has 0 atom stereocenters. The van der Waals surface area contributed by atoms with Crippen molar-refractivity contribution in [3.63, 3.8) is 0 Å². The molecule has 98 valence electrons. The number of nitrogen functional groups attached to an aromatic ring is 1. The van der Waals surface area contributed by atoms with E-state index in [-0.39, 0.29) is 12.5 Å². The Balaban J connectivity index is 1.87. The minimum absolute atomic E-state index is 0.0206. The van der Waals surface area contributed by atoms with Crippen LogP contribution >= 0.6 is 0 Å². The first-order valence-electron chi connectivity index (χ1n) is 6.24. The summed E-state index contributed by atoms with van der Waals surface area (Å²) in [5.74, 6) is 0.664. The van der Waals surface area contributed by atoms with E-state index < -0.39 is 0 Å². The van der Waals surface area contributed by atoms with Crippen molar-refractivity contribution in [2.24, 2.45) is 0 Å². The number of carbonyl (C=O) groups excluding carboxylic acids is 1. The highest BCUT2D eigenvalue weighted by molar-refractivity contribution is 5.81. The number of hydrogen-bond acceptors (Lipinski definition) is 4. The van der Waals surface area contributed by atoms with Crippen LogP contribution in [0.2, 0.25) is 0 Å². The Morgan fingerprint density at radius 1 is 1.50 bits per heavy atom. The van der Waals surface area contributed by atoms with Gasteiger partial charge in [0.2, 0.25) is 5.91 Å². The lowest BCUT2D eigenvalue weighted by Crippen LogP contribution is -2.31. The van der Waals surface area contributed by atoms with Crippen molar-refractivity contribution >= 4 is 17.3 Å². The van der Waals surface area contributed by atoms with Gasteiger partial charge in [-0.15, -0.1) is 0 Å². The number of anilines is 2. The van der Waals surface area contributed by atoms with Crippen LogP contribution in [0.15, 0.2) is 18.2 Å². The highest BCUT2D eigenvalue weighted by Gasteiger charge is 2.22. The van der Waals surface area contributed by atoms with E-state index in [4.69, 9.17) is 10.5 Å². The van der Waals surface area contributed by atoms with Crippen molar-refractivity contribution in [1.29, 1.82) is 0 Å². The van der Waals surface area contributed by atoms with Crippen LogP contribution in [-0.2, 0) is 4.79 Å². The van der Waals surface area contributed by atoms with Gasteiger partial charge in [-0.25, -0.2) is 0 Å². The molecule has 0 saturated heterocycles. The third-order valence-electron chi connectivity index (χ3n) is 2.71. The fourth-order valence-electron chi connectivity index (χ4n) is 1.61. The Kier molecular flexibility index (Phi) is 3.92. The maximum atomic E-state index is 11.5. The number of nitrogens with one attached hydrogen (secondary N) is 2. The van der Waals surface area contributed by atoms with Gasteiger partial charge in [0.15, 0.2) is 0 Å². The molecule has 2 rings (SSSR count). The first kappa shape index (κ1) is 12.5. The lowest BCUT2D eigenvalue weighted by Gasteiger charge is -2.11. The quantitative estimate of drug-likeness (QED) is 0.665. The van der Waals surface area contributed by atoms with Gasteiger partial charge in [-0.05, 0) is 31.9 Å². The monoisotopic (exact) mass is 249 g/mol. The van der Waals surface area contributed by atoms with Gasteiger partial charge in [-0.3, -0.25) is 4.79 Å². The van der Waals surface area contributed by atoms with E-state index in [0.717, 1.165) is 18.5 Å². The number of nitrogens with two attached hydrogens (primary N) is 1. The van der Waals surface area contributed by atoms with Crippen LogP contribution in [0.4, 0.5) is 11.4 Å². The topological polar surface area (TPSA) is 76.4 Å². The molecule has 0 bridgehead atoms. The van der Waals surface area contributed by atoms with Crippen LogP contribution in [0.3, 0.4) is 0 Å². The Morgan fingerprint density at radius 2 is 2.28 bits per heavy atom. The van der Waals surface area contributed by atoms with Crippen LogP contribution in [0.25, 0.3) is 0 Å². The summed E-state index contributed by atoms with van der Waals surface area (Å²) < 4.78 is 5.39. The van der Waals surface area contributed by atoms with E-state index in [1.807, 2.05) is 19.1 Å². The Morgan fingerprint density at radius 3 is 2.94 bits per heavy atom. The van der Waals surface area contributed by atoms with E-state index >= 15 is 0 Å². The molecule has 0 heterocycles. The number of benzene rings is 1. The van der Waals surface area contributed by atoms with Gasteiger partial charge in [-0.2, -0.15) is 0 Å². The van der Waals surface area contributed by atoms with Gasteiger partial charge in [-0.1, -0.05) is 0 Å². The smallest absolute Gasteiger partial charge is 0.239 e. The SMILES string of the molecule is CCOc1cc(NCC(=O)NC2CC2)ccc1N. The molecule has 5 heteroatoms. The highest BCUT2D eigenvalue weighted by Crippen LogP contribution is 2.25. The Labute approximate surface area is 107 Å². The maximum Gasteiger partial charge on any atom is 0.239 e. The molecule has 0 spiro atoms. The van der Waals surface area contributed by atoms with Crippen molar-refractivity contribution in [1.82, 2.24) is 5.32 Å². The molecule has 5 nitrogen and oxygen atoms in total. The van der Waals surface area contributed by atoms with Gasteiger partial charge in [0.05, 0.1) is 18.8 Å². The highest BCUT2D eigenvalue weighted by atomic mass is 16.5. The molecule has 1 saturated carbocycles. The first-order chi connectivity index (χ1) is 8.69. The predicted octanol–water partition coefficient (Wildman–Crippen LogP) is 1.36. The second-order valence-electron chi connectivity index (χ2n) is 4.38. The van der Waals surface area contributed by atoms with E-state index in [2.05, 4.69) is 10.6 Å². The van der Waals surface area contributed by atoms with Gasteiger partial charge in [0, 0.05) is 17.8 Å². The summed E-state index contributed by atoms with van der Waals surface area (Å²) in [7, 11) is 0. The van der Waals surface area contributed by atoms with Gasteiger partial charge < -0.3 is 21.1 Å². The lowest BCUT2D eigenvalue weighted by atomic mass is 10.2. The molecule has 1 aromatic carbocycles. The summed E-state index contributed by atoms with van der Waals surface area (Å²) in [6.07, 6.45) is 2.20. The normalized spacial score (nSPS) is 14.1. The zero-order chi connectivity index (χ0) is 13.0. The van der Waals surface area contributed by atoms with Gasteiger partial charge >= 0.3 is 0 Å². The van der Waals surface area contributed by atoms with Crippen molar-refractivity contribution in [2.45, 2.75) is 25.8 Å². The average molecular weight is 249 g/mol. The maximum absolute atomic E-state index is 11.5. The third-order valence-corrected chi connectivity index (χ3v) is 2.71. The van der Waals surface area contributed by atoms with Gasteiger partial charge in [0.25, 0.3) is 0 Å². The van der Waals surface area contributed by atoms with Gasteiger partial charge in [0.1, 0.15) is 5.75 Å². The van der Waals surface area contributed by atoms with Crippen LogP contribution < -0.4 is 21.1 Å². The van der Waals surface area contributed by atoms with Crippen molar-refractivity contribution in [3.05, 3.63) is 18.2 Å². The summed E-state index contributed by atoms with van der Waals surface area (Å²) in [4.78, 5) is 11.5. The molecule has 0 aromatic heterocycles. The molecular formula is C13H19N3O2. The van der Waals surface area contributed by atoms with E-state index in [9.17, 15) is 4.79 Å². The predicted molar refractivity (Wildman–Crippen MR) is 71.7 cm³/mol. The molecule has 1 aliphatic carbocycles. The number of carbonyl (C=O) groups is 1. The minimum atomic E-state index is 0.0206. The van der Waals surface area contributed by atoms with E-state index in [0.29, 0.717) is 24.1 Å². The zero-order valence-corrected chi connectivity index (χ0v) is 10.5. The molecular weight excluding hydrogens is 230 g/mol. The minimum Gasteiger partial charge on any atom is -0.492 e. The van der Waals surface area contributed by atoms with Crippen LogP contribution in [0, 0.1) is 0 Å². The molecule has 18 heavy (non-hydrogen) atoms. The molecule has 0 radical (unpaired) electrons. The summed E-state index contributed by atoms with van der Waals surface area (Å²) in [5, 5.41) is 5.97. The van der Waals surface area contributed by atoms with E-state index in [1.165, 1.54) is 0 Å². The number of hydrogen-bond donors (Lipinski definition) is 3. The second-order valence-corrected chi connectivity index (χ2v) is 4.38. The summed E-state index contributed by atoms with van der Waals surface area (Å²) >= 11 is 0. The average Bonchev–Trinajstić information content (AvgIpc) is 3.14. The Hall–Kier alpha value is -1.91. The largest absolute Gasteiger partial charge is 0.492 e. The van der Waals surface area contributed by atoms with Crippen LogP contribution in [0.5, 0.6) is 5.75 Å². The van der Waals surface area contributed by atoms with Crippen LogP contribution in [-0.4, -0.2) is 25.1 Å². The number of ether oxygens (including phenoxy) is 1. The molecule has 1 aromatic rings. The summed E-state index contributed by atoms with van der Waals surface area (Å²) in [6.45, 7) is 2.74. The van der Waals surface area contributed by atoms with Crippen molar-refractivity contribution in [2.75, 3.05) is 24.2 Å². The van der Waals surface area contributed by atoms with E-state index in [1.54, 1.807) is 6.07 Å².